The van der Waals surface area contributed by atoms with Crippen LogP contribution in [0.3, 0.4) is 0 Å². The van der Waals surface area contributed by atoms with E-state index in [0.717, 1.165) is 17.8 Å². The van der Waals surface area contributed by atoms with Crippen LogP contribution in [0.2, 0.25) is 5.02 Å². The van der Waals surface area contributed by atoms with Crippen molar-refractivity contribution in [1.29, 1.82) is 0 Å². The maximum absolute atomic E-state index is 12.7. The number of ether oxygens (including phenoxy) is 1. The second-order valence-electron chi connectivity index (χ2n) is 8.70. The van der Waals surface area contributed by atoms with E-state index in [-0.39, 0.29) is 11.9 Å². The largest absolute Gasteiger partial charge is 0.479 e. The maximum atomic E-state index is 12.7. The first-order valence-electron chi connectivity index (χ1n) is 9.67. The Morgan fingerprint density at radius 3 is 2.24 bits per heavy atom. The molecule has 5 rings (SSSR count). The fourth-order valence-corrected chi connectivity index (χ4v) is 6.16. The van der Waals surface area contributed by atoms with E-state index in [4.69, 9.17) is 16.3 Å². The minimum atomic E-state index is -0.545. The molecule has 0 spiro atoms. The van der Waals surface area contributed by atoms with Gasteiger partial charge < -0.3 is 10.1 Å². The Bertz CT molecular complexity index is 624. The first-order chi connectivity index (χ1) is 11.9. The molecule has 1 aromatic rings. The number of halogens is 1. The minimum Gasteiger partial charge on any atom is -0.479 e. The summed E-state index contributed by atoms with van der Waals surface area (Å²) in [5.74, 6) is 3.20. The van der Waals surface area contributed by atoms with E-state index >= 15 is 0 Å². The topological polar surface area (TPSA) is 38.3 Å². The molecule has 0 unspecified atom stereocenters. The zero-order chi connectivity index (χ0) is 17.6. The lowest BCUT2D eigenvalue weighted by atomic mass is 9.48. The lowest BCUT2D eigenvalue weighted by Gasteiger charge is -2.59. The van der Waals surface area contributed by atoms with Gasteiger partial charge in [0.1, 0.15) is 5.75 Å². The highest BCUT2D eigenvalue weighted by molar-refractivity contribution is 6.32. The maximum Gasteiger partial charge on any atom is 0.261 e. The predicted octanol–water partition coefficient (Wildman–Crippen LogP) is 4.83. The molecule has 4 saturated carbocycles. The third-order valence-corrected chi connectivity index (χ3v) is 7.18. The van der Waals surface area contributed by atoms with Crippen molar-refractivity contribution in [3.63, 3.8) is 0 Å². The van der Waals surface area contributed by atoms with E-state index in [1.54, 1.807) is 19.1 Å². The zero-order valence-electron chi connectivity index (χ0n) is 15.1. The molecule has 1 N–H and O–H groups in total. The molecule has 2 atom stereocenters. The van der Waals surface area contributed by atoms with E-state index in [1.165, 1.54) is 38.5 Å². The number of rotatable bonds is 5. The fourth-order valence-electron chi connectivity index (χ4n) is 5.98. The Labute approximate surface area is 155 Å². The Kier molecular flexibility index (Phi) is 4.47. The summed E-state index contributed by atoms with van der Waals surface area (Å²) in [7, 11) is 0. The van der Waals surface area contributed by atoms with Gasteiger partial charge in [-0.3, -0.25) is 4.79 Å². The van der Waals surface area contributed by atoms with Crippen LogP contribution in [0.4, 0.5) is 0 Å². The second kappa shape index (κ2) is 6.50. The summed E-state index contributed by atoms with van der Waals surface area (Å²) in [4.78, 5) is 12.7. The van der Waals surface area contributed by atoms with Crippen LogP contribution < -0.4 is 10.1 Å². The van der Waals surface area contributed by atoms with E-state index in [0.29, 0.717) is 16.2 Å². The van der Waals surface area contributed by atoms with Crippen molar-refractivity contribution in [1.82, 2.24) is 5.32 Å². The van der Waals surface area contributed by atoms with Crippen LogP contribution >= 0.6 is 11.6 Å². The molecule has 4 fully saturated rings. The van der Waals surface area contributed by atoms with Gasteiger partial charge in [0, 0.05) is 6.04 Å². The van der Waals surface area contributed by atoms with Gasteiger partial charge in [0.2, 0.25) is 0 Å². The smallest absolute Gasteiger partial charge is 0.261 e. The van der Waals surface area contributed by atoms with Gasteiger partial charge in [-0.05, 0) is 87.7 Å². The number of carbonyl (C=O) groups is 1. The molecule has 1 amide bonds. The van der Waals surface area contributed by atoms with Gasteiger partial charge in [-0.25, -0.2) is 0 Å². The van der Waals surface area contributed by atoms with Gasteiger partial charge in [0.05, 0.1) is 5.02 Å². The van der Waals surface area contributed by atoms with E-state index in [1.807, 2.05) is 12.1 Å². The lowest BCUT2D eigenvalue weighted by Crippen LogP contribution is -2.57. The van der Waals surface area contributed by atoms with Gasteiger partial charge in [0.15, 0.2) is 6.10 Å². The normalized spacial score (nSPS) is 35.2. The average molecular weight is 362 g/mol. The van der Waals surface area contributed by atoms with Crippen LogP contribution in [0.1, 0.15) is 52.4 Å². The van der Waals surface area contributed by atoms with Crippen molar-refractivity contribution in [2.45, 2.75) is 64.5 Å². The molecule has 3 nitrogen and oxygen atoms in total. The second-order valence-corrected chi connectivity index (χ2v) is 9.11. The van der Waals surface area contributed by atoms with Crippen molar-refractivity contribution in [2.24, 2.45) is 23.2 Å². The Morgan fingerprint density at radius 2 is 1.68 bits per heavy atom. The van der Waals surface area contributed by atoms with Gasteiger partial charge in [-0.2, -0.15) is 0 Å². The van der Waals surface area contributed by atoms with Crippen LogP contribution in [0.5, 0.6) is 5.75 Å². The minimum absolute atomic E-state index is 0.0387. The highest BCUT2D eigenvalue weighted by atomic mass is 35.5. The fraction of sp³-hybridized carbons (Fsp3) is 0.667. The summed E-state index contributed by atoms with van der Waals surface area (Å²) in [5, 5.41) is 3.81. The van der Waals surface area contributed by atoms with Crippen molar-refractivity contribution in [3.05, 3.63) is 29.3 Å². The molecule has 0 aliphatic heterocycles. The SMILES string of the molecule is C[C@@H](Oc1ccccc1Cl)C(=O)N[C@H](C)C12CC3CC(CC(C3)C1)C2. The van der Waals surface area contributed by atoms with E-state index in [2.05, 4.69) is 12.2 Å². The van der Waals surface area contributed by atoms with Gasteiger partial charge in [0.25, 0.3) is 5.91 Å². The Balaban J connectivity index is 1.40. The molecule has 136 valence electrons. The third kappa shape index (κ3) is 3.28. The predicted molar refractivity (Wildman–Crippen MR) is 99.8 cm³/mol. The summed E-state index contributed by atoms with van der Waals surface area (Å²) >= 11 is 6.13. The van der Waals surface area contributed by atoms with Crippen molar-refractivity contribution in [2.75, 3.05) is 0 Å². The number of hydrogen-bond donors (Lipinski definition) is 1. The number of carbonyl (C=O) groups excluding carboxylic acids is 1. The standard InChI is InChI=1S/C21H28ClNO2/c1-13(25-19-6-4-3-5-18(19)22)20(24)23-14(2)21-10-15-7-16(11-21)9-17(8-15)12-21/h3-6,13-17H,7-12H2,1-2H3,(H,23,24)/t13-,14-,15?,16?,17?,21?/m1/s1. The summed E-state index contributed by atoms with van der Waals surface area (Å²) in [6.07, 6.45) is 7.60. The van der Waals surface area contributed by atoms with Crippen LogP contribution in [0.25, 0.3) is 0 Å². The molecule has 0 radical (unpaired) electrons. The number of nitrogens with one attached hydrogen (secondary N) is 1. The van der Waals surface area contributed by atoms with Crippen molar-refractivity contribution >= 4 is 17.5 Å². The molecule has 4 bridgehead atoms. The van der Waals surface area contributed by atoms with Crippen LogP contribution in [-0.2, 0) is 4.79 Å². The molecule has 4 aliphatic carbocycles. The molecule has 4 heteroatoms. The summed E-state index contributed by atoms with van der Waals surface area (Å²) in [6.45, 7) is 4.00. The van der Waals surface area contributed by atoms with Gasteiger partial charge >= 0.3 is 0 Å². The van der Waals surface area contributed by atoms with Crippen LogP contribution in [-0.4, -0.2) is 18.1 Å². The quantitative estimate of drug-likeness (QED) is 0.815. The summed E-state index contributed by atoms with van der Waals surface area (Å²) < 4.78 is 5.78. The Morgan fingerprint density at radius 1 is 1.12 bits per heavy atom. The summed E-state index contributed by atoms with van der Waals surface area (Å²) in [6, 6.07) is 7.51. The molecular formula is C21H28ClNO2. The molecule has 0 aromatic heterocycles. The molecule has 25 heavy (non-hydrogen) atoms. The lowest BCUT2D eigenvalue weighted by molar-refractivity contribution is -0.131. The summed E-state index contributed by atoms with van der Waals surface area (Å²) in [5.41, 5.74) is 0.314. The molecule has 1 aromatic carbocycles. The highest BCUT2D eigenvalue weighted by Gasteiger charge is 2.53. The third-order valence-electron chi connectivity index (χ3n) is 6.87. The van der Waals surface area contributed by atoms with Crippen LogP contribution in [0, 0.1) is 23.2 Å². The number of hydrogen-bond acceptors (Lipinski definition) is 2. The first-order valence-corrected chi connectivity index (χ1v) is 10.0. The van der Waals surface area contributed by atoms with Gasteiger partial charge in [-0.1, -0.05) is 23.7 Å². The molecule has 4 aliphatic rings. The number of para-hydroxylation sites is 1. The average Bonchev–Trinajstić information content (AvgIpc) is 2.55. The first kappa shape index (κ1) is 17.2. The monoisotopic (exact) mass is 361 g/mol. The number of benzene rings is 1. The van der Waals surface area contributed by atoms with Gasteiger partial charge in [-0.15, -0.1) is 0 Å². The van der Waals surface area contributed by atoms with Crippen molar-refractivity contribution < 1.29 is 9.53 Å². The van der Waals surface area contributed by atoms with Crippen LogP contribution in [0.15, 0.2) is 24.3 Å². The zero-order valence-corrected chi connectivity index (χ0v) is 15.9. The van der Waals surface area contributed by atoms with E-state index < -0.39 is 6.10 Å². The molecule has 0 saturated heterocycles. The highest BCUT2D eigenvalue weighted by Crippen LogP contribution is 2.61. The molecule has 0 heterocycles. The van der Waals surface area contributed by atoms with Crippen molar-refractivity contribution in [3.8, 4) is 5.75 Å². The number of amides is 1. The Hall–Kier alpha value is -1.22. The molecular weight excluding hydrogens is 334 g/mol. The van der Waals surface area contributed by atoms with E-state index in [9.17, 15) is 4.79 Å².